The van der Waals surface area contributed by atoms with Gasteiger partial charge in [-0.2, -0.15) is 4.98 Å². The molecule has 0 amide bonds. The largest absolute Gasteiger partial charge is 0.339 e. The van der Waals surface area contributed by atoms with E-state index >= 15 is 0 Å². The number of aromatic nitrogens is 6. The highest BCUT2D eigenvalue weighted by atomic mass is 32.2. The minimum atomic E-state index is -0.277. The van der Waals surface area contributed by atoms with Gasteiger partial charge in [-0.3, -0.25) is 9.55 Å². The minimum Gasteiger partial charge on any atom is -0.339 e. The van der Waals surface area contributed by atoms with E-state index in [1.54, 1.807) is 36.3 Å². The number of rotatable bonds is 9. The van der Waals surface area contributed by atoms with Crippen LogP contribution in [0.3, 0.4) is 0 Å². The van der Waals surface area contributed by atoms with Gasteiger partial charge in [0.2, 0.25) is 11.7 Å². The summed E-state index contributed by atoms with van der Waals surface area (Å²) >= 11 is 1.62. The van der Waals surface area contributed by atoms with Crippen LogP contribution in [0.2, 0.25) is 0 Å². The van der Waals surface area contributed by atoms with Crippen LogP contribution in [-0.4, -0.2) is 35.6 Å². The fourth-order valence-corrected chi connectivity index (χ4v) is 4.35. The molecule has 5 aromatic rings. The molecule has 0 aliphatic carbocycles. The van der Waals surface area contributed by atoms with Crippen molar-refractivity contribution >= 4 is 11.8 Å². The Kier molecular flexibility index (Phi) is 6.71. The molecule has 0 aliphatic rings. The van der Waals surface area contributed by atoms with Crippen LogP contribution in [0.5, 0.6) is 0 Å². The number of benzene rings is 2. The van der Waals surface area contributed by atoms with Crippen molar-refractivity contribution in [3.63, 3.8) is 0 Å². The van der Waals surface area contributed by atoms with Gasteiger partial charge in [0.05, 0.1) is 6.54 Å². The third-order valence-corrected chi connectivity index (χ3v) is 6.23. The first-order valence-electron chi connectivity index (χ1n) is 10.8. The molecule has 3 heterocycles. The normalized spacial score (nSPS) is 11.1. The maximum atomic E-state index is 13.4. The van der Waals surface area contributed by atoms with Crippen LogP contribution >= 0.6 is 11.8 Å². The van der Waals surface area contributed by atoms with Gasteiger partial charge in [-0.1, -0.05) is 47.3 Å². The SMILES string of the molecule is Fc1ccc(-c2nnc(SCCCc3nc(-c4ccncc4)no3)n2Cc2ccccc2)cc1. The predicted octanol–water partition coefficient (Wildman–Crippen LogP) is 5.30. The molecule has 0 saturated carbocycles. The molecule has 9 heteroatoms. The van der Waals surface area contributed by atoms with E-state index < -0.39 is 0 Å². The highest BCUT2D eigenvalue weighted by Crippen LogP contribution is 2.26. The quantitative estimate of drug-likeness (QED) is 0.213. The molecule has 2 aromatic carbocycles. The molecule has 0 N–H and O–H groups in total. The molecule has 0 unspecified atom stereocenters. The first-order valence-corrected chi connectivity index (χ1v) is 11.8. The number of pyridine rings is 1. The summed E-state index contributed by atoms with van der Waals surface area (Å²) in [5.41, 5.74) is 2.84. The van der Waals surface area contributed by atoms with Crippen LogP contribution in [0.25, 0.3) is 22.8 Å². The summed E-state index contributed by atoms with van der Waals surface area (Å²) in [4.78, 5) is 8.48. The van der Waals surface area contributed by atoms with Crippen LogP contribution in [0.15, 0.2) is 88.8 Å². The van der Waals surface area contributed by atoms with Gasteiger partial charge in [0.1, 0.15) is 5.82 Å². The van der Waals surface area contributed by atoms with Gasteiger partial charge in [-0.05, 0) is 48.4 Å². The number of halogens is 1. The van der Waals surface area contributed by atoms with Crippen molar-refractivity contribution in [3.8, 4) is 22.8 Å². The van der Waals surface area contributed by atoms with Crippen molar-refractivity contribution in [3.05, 3.63) is 96.4 Å². The maximum absolute atomic E-state index is 13.4. The summed E-state index contributed by atoms with van der Waals surface area (Å²) in [5.74, 6) is 2.41. The van der Waals surface area contributed by atoms with E-state index in [9.17, 15) is 4.39 Å². The van der Waals surface area contributed by atoms with E-state index in [-0.39, 0.29) is 5.82 Å². The summed E-state index contributed by atoms with van der Waals surface area (Å²) in [7, 11) is 0. The molecule has 0 saturated heterocycles. The Morgan fingerprint density at radius 2 is 1.68 bits per heavy atom. The van der Waals surface area contributed by atoms with Crippen molar-refractivity contribution in [1.82, 2.24) is 29.9 Å². The van der Waals surface area contributed by atoms with Crippen molar-refractivity contribution in [1.29, 1.82) is 0 Å². The summed E-state index contributed by atoms with van der Waals surface area (Å²) in [6.45, 7) is 0.627. The van der Waals surface area contributed by atoms with Crippen LogP contribution in [0.1, 0.15) is 17.9 Å². The van der Waals surface area contributed by atoms with Crippen molar-refractivity contribution < 1.29 is 8.91 Å². The third-order valence-electron chi connectivity index (χ3n) is 5.18. The molecule has 3 aromatic heterocycles. The van der Waals surface area contributed by atoms with Crippen molar-refractivity contribution in [2.24, 2.45) is 0 Å². The molecule has 0 radical (unpaired) electrons. The van der Waals surface area contributed by atoms with Crippen LogP contribution in [0, 0.1) is 5.82 Å². The average Bonchev–Trinajstić information content (AvgIpc) is 3.51. The monoisotopic (exact) mass is 472 g/mol. The molecule has 34 heavy (non-hydrogen) atoms. The summed E-state index contributed by atoms with van der Waals surface area (Å²) in [5, 5.41) is 13.7. The van der Waals surface area contributed by atoms with Gasteiger partial charge >= 0.3 is 0 Å². The van der Waals surface area contributed by atoms with Crippen LogP contribution in [0.4, 0.5) is 4.39 Å². The zero-order valence-corrected chi connectivity index (χ0v) is 19.0. The number of aryl methyl sites for hydroxylation is 1. The maximum Gasteiger partial charge on any atom is 0.226 e. The second kappa shape index (κ2) is 10.4. The Bertz CT molecular complexity index is 1340. The van der Waals surface area contributed by atoms with E-state index in [1.165, 1.54) is 12.1 Å². The Morgan fingerprint density at radius 3 is 2.47 bits per heavy atom. The molecule has 5 rings (SSSR count). The summed E-state index contributed by atoms with van der Waals surface area (Å²) < 4.78 is 20.9. The van der Waals surface area contributed by atoms with E-state index in [1.807, 2.05) is 30.3 Å². The molecule has 0 fully saturated rings. The lowest BCUT2D eigenvalue weighted by molar-refractivity contribution is 0.378. The van der Waals surface area contributed by atoms with Crippen LogP contribution in [-0.2, 0) is 13.0 Å². The Balaban J connectivity index is 1.27. The molecule has 0 spiro atoms. The van der Waals surface area contributed by atoms with Gasteiger partial charge in [-0.15, -0.1) is 10.2 Å². The van der Waals surface area contributed by atoms with E-state index in [0.717, 1.165) is 34.0 Å². The van der Waals surface area contributed by atoms with Crippen molar-refractivity contribution in [2.75, 3.05) is 5.75 Å². The second-order valence-electron chi connectivity index (χ2n) is 7.58. The molecule has 0 bridgehead atoms. The van der Waals surface area contributed by atoms with E-state index in [2.05, 4.69) is 42.0 Å². The predicted molar refractivity (Wildman–Crippen MR) is 128 cm³/mol. The lowest BCUT2D eigenvalue weighted by Gasteiger charge is -2.10. The third kappa shape index (κ3) is 5.20. The zero-order valence-electron chi connectivity index (χ0n) is 18.2. The molecule has 170 valence electrons. The topological polar surface area (TPSA) is 82.5 Å². The summed E-state index contributed by atoms with van der Waals surface area (Å²) in [6.07, 6.45) is 4.91. The van der Waals surface area contributed by atoms with Gasteiger partial charge < -0.3 is 4.52 Å². The smallest absolute Gasteiger partial charge is 0.226 e. The van der Waals surface area contributed by atoms with Gasteiger partial charge in [-0.25, -0.2) is 4.39 Å². The number of thioether (sulfide) groups is 1. The Morgan fingerprint density at radius 1 is 0.882 bits per heavy atom. The summed E-state index contributed by atoms with van der Waals surface area (Å²) in [6, 6.07) is 20.2. The lowest BCUT2D eigenvalue weighted by Crippen LogP contribution is -2.04. The molecule has 0 atom stereocenters. The second-order valence-corrected chi connectivity index (χ2v) is 8.65. The van der Waals surface area contributed by atoms with Gasteiger partial charge in [0.15, 0.2) is 11.0 Å². The number of nitrogens with zero attached hydrogens (tertiary/aromatic N) is 6. The van der Waals surface area contributed by atoms with Crippen LogP contribution < -0.4 is 0 Å². The number of hydrogen-bond donors (Lipinski definition) is 0. The average molecular weight is 473 g/mol. The van der Waals surface area contributed by atoms with Gasteiger partial charge in [0.25, 0.3) is 0 Å². The Labute approximate surface area is 200 Å². The van der Waals surface area contributed by atoms with Gasteiger partial charge in [0, 0.05) is 35.7 Å². The van der Waals surface area contributed by atoms with E-state index in [0.29, 0.717) is 30.5 Å². The number of hydrogen-bond acceptors (Lipinski definition) is 7. The lowest BCUT2D eigenvalue weighted by atomic mass is 10.2. The van der Waals surface area contributed by atoms with Crippen molar-refractivity contribution in [2.45, 2.75) is 24.5 Å². The Hall–Kier alpha value is -3.85. The first-order chi connectivity index (χ1) is 16.8. The highest BCUT2D eigenvalue weighted by Gasteiger charge is 2.15. The zero-order chi connectivity index (χ0) is 23.2. The minimum absolute atomic E-state index is 0.277. The molecular weight excluding hydrogens is 451 g/mol. The molecule has 7 nitrogen and oxygen atoms in total. The molecular formula is C25H21FN6OS. The standard InChI is InChI=1S/C25H21FN6OS/c26-21-10-8-20(9-11-21)24-29-30-25(32(24)17-18-5-2-1-3-6-18)34-16-4-7-22-28-23(31-33-22)19-12-14-27-15-13-19/h1-3,5-6,8-15H,4,7,16-17H2. The first kappa shape index (κ1) is 22.0. The van der Waals surface area contributed by atoms with E-state index in [4.69, 9.17) is 4.52 Å². The highest BCUT2D eigenvalue weighted by molar-refractivity contribution is 7.99. The fraction of sp³-hybridized carbons (Fsp3) is 0.160. The molecule has 0 aliphatic heterocycles. The fourth-order valence-electron chi connectivity index (χ4n) is 3.48.